The topological polar surface area (TPSA) is 75.6 Å². The van der Waals surface area contributed by atoms with E-state index < -0.39 is 17.9 Å². The van der Waals surface area contributed by atoms with E-state index in [-0.39, 0.29) is 18.6 Å². The third kappa shape index (κ3) is 6.45. The molecule has 22 heavy (non-hydrogen) atoms. The molecule has 0 spiro atoms. The second-order valence-electron chi connectivity index (χ2n) is 6.13. The lowest BCUT2D eigenvalue weighted by molar-refractivity contribution is -0.140. The molecule has 0 bridgehead atoms. The van der Waals surface area contributed by atoms with Crippen molar-refractivity contribution in [2.45, 2.75) is 45.8 Å². The highest BCUT2D eigenvalue weighted by atomic mass is 35.5. The second kappa shape index (κ2) is 7.61. The van der Waals surface area contributed by atoms with Crippen LogP contribution in [0.25, 0.3) is 0 Å². The van der Waals surface area contributed by atoms with Crippen LogP contribution < -0.4 is 5.32 Å². The number of aliphatic carboxylic acids is 1. The molecular formula is C16H22ClNO4. The van der Waals surface area contributed by atoms with E-state index >= 15 is 0 Å². The van der Waals surface area contributed by atoms with Gasteiger partial charge in [0, 0.05) is 23.6 Å². The molecule has 1 aromatic carbocycles. The summed E-state index contributed by atoms with van der Waals surface area (Å²) >= 11 is 5.91. The van der Waals surface area contributed by atoms with Gasteiger partial charge in [-0.3, -0.25) is 4.79 Å². The minimum Gasteiger partial charge on any atom is -0.480 e. The van der Waals surface area contributed by atoms with E-state index in [0.717, 1.165) is 5.56 Å². The van der Waals surface area contributed by atoms with Crippen LogP contribution in [0, 0.1) is 6.92 Å². The molecule has 0 aliphatic heterocycles. The van der Waals surface area contributed by atoms with Crippen molar-refractivity contribution in [3.63, 3.8) is 0 Å². The molecule has 1 rings (SSSR count). The van der Waals surface area contributed by atoms with Crippen LogP contribution >= 0.6 is 11.6 Å². The molecule has 2 N–H and O–H groups in total. The molecule has 6 heteroatoms. The van der Waals surface area contributed by atoms with Gasteiger partial charge in [-0.05, 0) is 51.5 Å². The summed E-state index contributed by atoms with van der Waals surface area (Å²) in [6.07, 6.45) is 0.192. The maximum atomic E-state index is 12.2. The van der Waals surface area contributed by atoms with Crippen LogP contribution in [0.1, 0.15) is 43.1 Å². The summed E-state index contributed by atoms with van der Waals surface area (Å²) in [4.78, 5) is 23.4. The number of carbonyl (C=O) groups excluding carboxylic acids is 1. The van der Waals surface area contributed by atoms with Gasteiger partial charge in [0.05, 0.1) is 5.60 Å². The van der Waals surface area contributed by atoms with Gasteiger partial charge in [-0.2, -0.15) is 0 Å². The number of ether oxygens (including phenoxy) is 1. The summed E-state index contributed by atoms with van der Waals surface area (Å²) < 4.78 is 5.50. The molecule has 0 aliphatic carbocycles. The average molecular weight is 328 g/mol. The summed E-state index contributed by atoms with van der Waals surface area (Å²) in [5.74, 6) is -1.56. The predicted molar refractivity (Wildman–Crippen MR) is 85.4 cm³/mol. The summed E-state index contributed by atoms with van der Waals surface area (Å²) in [5, 5.41) is 12.1. The van der Waals surface area contributed by atoms with E-state index in [1.165, 1.54) is 6.07 Å². The van der Waals surface area contributed by atoms with Crippen molar-refractivity contribution in [2.75, 3.05) is 6.61 Å². The van der Waals surface area contributed by atoms with Crippen LogP contribution in [0.2, 0.25) is 5.02 Å². The Kier molecular flexibility index (Phi) is 6.38. The quantitative estimate of drug-likeness (QED) is 0.842. The van der Waals surface area contributed by atoms with Crippen molar-refractivity contribution in [2.24, 2.45) is 0 Å². The Hall–Kier alpha value is -1.59. The number of amides is 1. The minimum atomic E-state index is -1.09. The van der Waals surface area contributed by atoms with Gasteiger partial charge in [-0.15, -0.1) is 0 Å². The molecule has 0 fully saturated rings. The summed E-state index contributed by atoms with van der Waals surface area (Å²) in [5.41, 5.74) is 0.825. The van der Waals surface area contributed by atoms with Gasteiger partial charge in [0.2, 0.25) is 0 Å². The first-order valence-electron chi connectivity index (χ1n) is 7.03. The van der Waals surface area contributed by atoms with Gasteiger partial charge in [0.25, 0.3) is 5.91 Å². The molecule has 0 heterocycles. The third-order valence-corrected chi connectivity index (χ3v) is 3.07. The van der Waals surface area contributed by atoms with Crippen molar-refractivity contribution in [1.29, 1.82) is 0 Å². The first kappa shape index (κ1) is 18.5. The lowest BCUT2D eigenvalue weighted by atomic mass is 10.1. The number of nitrogens with one attached hydrogen (secondary N) is 1. The molecule has 0 saturated carbocycles. The fourth-order valence-electron chi connectivity index (χ4n) is 1.85. The van der Waals surface area contributed by atoms with Gasteiger partial charge in [-0.1, -0.05) is 11.6 Å². The first-order chi connectivity index (χ1) is 10.1. The number of hydrogen-bond donors (Lipinski definition) is 2. The standard InChI is InChI=1S/C16H22ClNO4/c1-10-7-11(9-12(17)8-10)14(19)18-13(15(20)21)5-6-22-16(2,3)4/h7-9,13H,5-6H2,1-4H3,(H,18,19)(H,20,21). The zero-order valence-electron chi connectivity index (χ0n) is 13.3. The average Bonchev–Trinajstić information content (AvgIpc) is 2.34. The predicted octanol–water partition coefficient (Wildman–Crippen LogP) is 3.04. The van der Waals surface area contributed by atoms with E-state index in [1.807, 2.05) is 27.7 Å². The first-order valence-corrected chi connectivity index (χ1v) is 7.41. The Balaban J connectivity index is 2.70. The highest BCUT2D eigenvalue weighted by molar-refractivity contribution is 6.31. The molecule has 1 atom stereocenters. The maximum absolute atomic E-state index is 12.2. The lowest BCUT2D eigenvalue weighted by Gasteiger charge is -2.21. The highest BCUT2D eigenvalue weighted by Gasteiger charge is 2.22. The maximum Gasteiger partial charge on any atom is 0.326 e. The van der Waals surface area contributed by atoms with Gasteiger partial charge in [0.1, 0.15) is 6.04 Å². The van der Waals surface area contributed by atoms with Crippen LogP contribution in [-0.4, -0.2) is 35.2 Å². The van der Waals surface area contributed by atoms with Crippen LogP contribution in [0.5, 0.6) is 0 Å². The highest BCUT2D eigenvalue weighted by Crippen LogP contribution is 2.15. The fraction of sp³-hybridized carbons (Fsp3) is 0.500. The molecule has 1 aromatic rings. The fourth-order valence-corrected chi connectivity index (χ4v) is 2.14. The number of hydrogen-bond acceptors (Lipinski definition) is 3. The molecule has 1 amide bonds. The van der Waals surface area contributed by atoms with E-state index in [1.54, 1.807) is 12.1 Å². The van der Waals surface area contributed by atoms with E-state index in [9.17, 15) is 14.7 Å². The minimum absolute atomic E-state index is 0.192. The monoisotopic (exact) mass is 327 g/mol. The van der Waals surface area contributed by atoms with Crippen molar-refractivity contribution >= 4 is 23.5 Å². The van der Waals surface area contributed by atoms with Crippen molar-refractivity contribution in [3.8, 4) is 0 Å². The number of carboxylic acids is 1. The van der Waals surface area contributed by atoms with Crippen molar-refractivity contribution in [3.05, 3.63) is 34.3 Å². The Bertz CT molecular complexity index is 531. The Morgan fingerprint density at radius 1 is 1.32 bits per heavy atom. The van der Waals surface area contributed by atoms with Crippen LogP contribution in [0.3, 0.4) is 0 Å². The Morgan fingerprint density at radius 2 is 1.95 bits per heavy atom. The molecule has 0 radical (unpaired) electrons. The van der Waals surface area contributed by atoms with Gasteiger partial charge in [0.15, 0.2) is 0 Å². The number of benzene rings is 1. The van der Waals surface area contributed by atoms with E-state index in [4.69, 9.17) is 16.3 Å². The molecule has 5 nitrogen and oxygen atoms in total. The number of rotatable bonds is 6. The lowest BCUT2D eigenvalue weighted by Crippen LogP contribution is -2.42. The van der Waals surface area contributed by atoms with Crippen LogP contribution in [0.15, 0.2) is 18.2 Å². The smallest absolute Gasteiger partial charge is 0.326 e. The largest absolute Gasteiger partial charge is 0.480 e. The third-order valence-electron chi connectivity index (χ3n) is 2.85. The normalized spacial score (nSPS) is 12.8. The van der Waals surface area contributed by atoms with Crippen molar-refractivity contribution < 1.29 is 19.4 Å². The van der Waals surface area contributed by atoms with E-state index in [2.05, 4.69) is 5.32 Å². The number of carboxylic acid groups (broad SMARTS) is 1. The van der Waals surface area contributed by atoms with Crippen LogP contribution in [-0.2, 0) is 9.53 Å². The van der Waals surface area contributed by atoms with Gasteiger partial charge in [-0.25, -0.2) is 4.79 Å². The SMILES string of the molecule is Cc1cc(Cl)cc(C(=O)NC(CCOC(C)(C)C)C(=O)O)c1. The Morgan fingerprint density at radius 3 is 2.45 bits per heavy atom. The summed E-state index contributed by atoms with van der Waals surface area (Å²) in [6, 6.07) is 3.89. The van der Waals surface area contributed by atoms with E-state index in [0.29, 0.717) is 10.6 Å². The molecular weight excluding hydrogens is 306 g/mol. The Labute approximate surface area is 135 Å². The van der Waals surface area contributed by atoms with Crippen LogP contribution in [0.4, 0.5) is 0 Å². The second-order valence-corrected chi connectivity index (χ2v) is 6.57. The zero-order valence-corrected chi connectivity index (χ0v) is 14.0. The van der Waals surface area contributed by atoms with Gasteiger partial charge >= 0.3 is 5.97 Å². The summed E-state index contributed by atoms with van der Waals surface area (Å²) in [7, 11) is 0. The zero-order chi connectivity index (χ0) is 16.9. The van der Waals surface area contributed by atoms with Gasteiger partial charge < -0.3 is 15.2 Å². The van der Waals surface area contributed by atoms with Crippen molar-refractivity contribution in [1.82, 2.24) is 5.32 Å². The summed E-state index contributed by atoms with van der Waals surface area (Å²) in [6.45, 7) is 7.71. The molecule has 0 aliphatic rings. The molecule has 0 aromatic heterocycles. The molecule has 0 saturated heterocycles. The molecule has 1 unspecified atom stereocenters. The number of halogens is 1. The molecule has 122 valence electrons. The number of aryl methyl sites for hydroxylation is 1. The number of carbonyl (C=O) groups is 2.